The zero-order chi connectivity index (χ0) is 28.3. The van der Waals surface area contributed by atoms with Crippen LogP contribution in [0.3, 0.4) is 0 Å². The van der Waals surface area contributed by atoms with Crippen molar-refractivity contribution in [3.63, 3.8) is 0 Å². The van der Waals surface area contributed by atoms with E-state index in [1.54, 1.807) is 0 Å². The van der Waals surface area contributed by atoms with Gasteiger partial charge in [-0.15, -0.1) is 6.42 Å². The van der Waals surface area contributed by atoms with E-state index >= 15 is 0 Å². The van der Waals surface area contributed by atoms with Crippen LogP contribution < -0.4 is 19.9 Å². The van der Waals surface area contributed by atoms with Gasteiger partial charge in [-0.05, 0) is 64.1 Å². The van der Waals surface area contributed by atoms with Crippen molar-refractivity contribution in [3.05, 3.63) is 52.8 Å². The molecule has 42 heavy (non-hydrogen) atoms. The first-order valence-corrected chi connectivity index (χ1v) is 15.6. The van der Waals surface area contributed by atoms with Crippen molar-refractivity contribution in [2.75, 3.05) is 49.1 Å². The van der Waals surface area contributed by atoms with Gasteiger partial charge in [0.2, 0.25) is 5.88 Å². The molecule has 0 radical (unpaired) electrons. The molecule has 0 saturated carbocycles. The van der Waals surface area contributed by atoms with Crippen molar-refractivity contribution >= 4 is 22.3 Å². The van der Waals surface area contributed by atoms with Crippen LogP contribution in [0, 0.1) is 23.7 Å². The largest absolute Gasteiger partial charge is 0.475 e. The number of terminal acetylenes is 1. The lowest BCUT2D eigenvalue weighted by molar-refractivity contribution is 0.110. The number of rotatable bonds is 5. The second kappa shape index (κ2) is 10.2. The van der Waals surface area contributed by atoms with Crippen LogP contribution in [0.1, 0.15) is 60.8 Å². The standard InChI is InChI=1S/C34H37N7O/c1-2-23-6-3-7-24-17-36-18-30(31(23)24)39-15-10-27-29(21-39)28(16-35)33(42-22-34-11-4-13-41(34)14-5-12-34)38-32(27)40-19-25-8-9-26(20-40)37-25/h1,3,6-7,17-18,25-26,37H,4-5,8-15,19-22H2. The van der Waals surface area contributed by atoms with Gasteiger partial charge in [-0.3, -0.25) is 9.88 Å². The average molecular weight is 560 g/mol. The summed E-state index contributed by atoms with van der Waals surface area (Å²) in [5.41, 5.74) is 4.79. The second-order valence-corrected chi connectivity index (χ2v) is 12.8. The van der Waals surface area contributed by atoms with Gasteiger partial charge in [0.15, 0.2) is 0 Å². The van der Waals surface area contributed by atoms with Crippen molar-refractivity contribution < 1.29 is 4.74 Å². The van der Waals surface area contributed by atoms with Crippen LogP contribution >= 0.6 is 0 Å². The van der Waals surface area contributed by atoms with Crippen molar-refractivity contribution in [3.8, 4) is 24.3 Å². The number of hydrogen-bond donors (Lipinski definition) is 1. The molecule has 7 heterocycles. The van der Waals surface area contributed by atoms with Gasteiger partial charge >= 0.3 is 0 Å². The molecule has 5 aliphatic rings. The van der Waals surface area contributed by atoms with Crippen LogP contribution in [-0.2, 0) is 13.0 Å². The minimum Gasteiger partial charge on any atom is -0.475 e. The first-order valence-electron chi connectivity index (χ1n) is 15.6. The molecule has 4 fully saturated rings. The SMILES string of the molecule is C#Cc1cccc2cncc(N3CCc4c(N5CC6CCC(C5)N6)nc(OCC56CCCN5CCC6)c(C#N)c4C3)c12. The average Bonchev–Trinajstić information content (AvgIpc) is 3.71. The van der Waals surface area contributed by atoms with Gasteiger partial charge in [0.05, 0.1) is 17.4 Å². The summed E-state index contributed by atoms with van der Waals surface area (Å²) >= 11 is 0. The van der Waals surface area contributed by atoms with E-state index < -0.39 is 0 Å². The molecular weight excluding hydrogens is 522 g/mol. The zero-order valence-electron chi connectivity index (χ0n) is 24.1. The highest BCUT2D eigenvalue weighted by Gasteiger charge is 2.45. The van der Waals surface area contributed by atoms with Crippen LogP contribution in [-0.4, -0.2) is 71.8 Å². The Kier molecular flexibility index (Phi) is 6.24. The Hall–Kier alpha value is -3.85. The minimum absolute atomic E-state index is 0.0882. The number of benzene rings is 1. The topological polar surface area (TPSA) is 80.6 Å². The molecule has 1 N–H and O–H groups in total. The normalized spacial score (nSPS) is 24.3. The highest BCUT2D eigenvalue weighted by atomic mass is 16.5. The van der Waals surface area contributed by atoms with Gasteiger partial charge in [0, 0.05) is 71.9 Å². The lowest BCUT2D eigenvalue weighted by Gasteiger charge is -2.39. The van der Waals surface area contributed by atoms with Crippen LogP contribution in [0.25, 0.3) is 10.8 Å². The molecule has 2 atom stereocenters. The molecule has 4 saturated heterocycles. The van der Waals surface area contributed by atoms with Gasteiger partial charge in [-0.1, -0.05) is 18.1 Å². The molecule has 2 aromatic heterocycles. The number of fused-ring (bicyclic) bond motifs is 5. The molecule has 8 rings (SSSR count). The lowest BCUT2D eigenvalue weighted by atomic mass is 9.94. The Labute approximate surface area is 247 Å². The highest BCUT2D eigenvalue weighted by Crippen LogP contribution is 2.42. The van der Waals surface area contributed by atoms with Gasteiger partial charge in [-0.2, -0.15) is 10.2 Å². The van der Waals surface area contributed by atoms with E-state index in [4.69, 9.17) is 16.1 Å². The lowest BCUT2D eigenvalue weighted by Crippen LogP contribution is -2.52. The fraction of sp³-hybridized carbons (Fsp3) is 0.500. The molecule has 8 heteroatoms. The predicted molar refractivity (Wildman–Crippen MR) is 164 cm³/mol. The number of piperazine rings is 1. The smallest absolute Gasteiger partial charge is 0.234 e. The maximum Gasteiger partial charge on any atom is 0.234 e. The van der Waals surface area contributed by atoms with Gasteiger partial charge in [0.1, 0.15) is 24.1 Å². The molecular formula is C34H37N7O. The second-order valence-electron chi connectivity index (χ2n) is 12.8. The summed E-state index contributed by atoms with van der Waals surface area (Å²) in [4.78, 5) is 17.2. The summed E-state index contributed by atoms with van der Waals surface area (Å²) in [6.45, 7) is 6.19. The monoisotopic (exact) mass is 559 g/mol. The molecule has 0 spiro atoms. The van der Waals surface area contributed by atoms with Crippen molar-refractivity contribution in [2.24, 2.45) is 0 Å². The van der Waals surface area contributed by atoms with E-state index in [0.29, 0.717) is 36.7 Å². The third-order valence-electron chi connectivity index (χ3n) is 10.5. The maximum atomic E-state index is 10.6. The maximum absolute atomic E-state index is 10.6. The summed E-state index contributed by atoms with van der Waals surface area (Å²) in [5, 5.41) is 16.4. The summed E-state index contributed by atoms with van der Waals surface area (Å²) in [5.74, 6) is 4.40. The predicted octanol–water partition coefficient (Wildman–Crippen LogP) is 3.99. The Morgan fingerprint density at radius 2 is 1.86 bits per heavy atom. The molecule has 2 unspecified atom stereocenters. The molecule has 1 aromatic carbocycles. The summed E-state index contributed by atoms with van der Waals surface area (Å²) in [6, 6.07) is 9.57. The number of anilines is 2. The Balaban J connectivity index is 1.21. The molecule has 3 aromatic rings. The van der Waals surface area contributed by atoms with E-state index in [1.807, 2.05) is 24.5 Å². The van der Waals surface area contributed by atoms with Crippen LogP contribution in [0.15, 0.2) is 30.6 Å². The van der Waals surface area contributed by atoms with E-state index in [1.165, 1.54) is 31.2 Å². The molecule has 5 aliphatic heterocycles. The molecule has 8 nitrogen and oxygen atoms in total. The van der Waals surface area contributed by atoms with Crippen LogP contribution in [0.4, 0.5) is 11.5 Å². The number of pyridine rings is 2. The fourth-order valence-corrected chi connectivity index (χ4v) is 8.49. The quantitative estimate of drug-likeness (QED) is 0.470. The van der Waals surface area contributed by atoms with Crippen molar-refractivity contribution in [1.29, 1.82) is 5.26 Å². The third kappa shape index (κ3) is 4.12. The number of nitrogens with zero attached hydrogens (tertiary/aromatic N) is 6. The zero-order valence-corrected chi connectivity index (χ0v) is 24.1. The van der Waals surface area contributed by atoms with Crippen molar-refractivity contribution in [1.82, 2.24) is 20.2 Å². The fourth-order valence-electron chi connectivity index (χ4n) is 8.49. The van der Waals surface area contributed by atoms with E-state index in [-0.39, 0.29) is 5.54 Å². The van der Waals surface area contributed by atoms with Crippen molar-refractivity contribution in [2.45, 2.75) is 69.1 Å². The minimum atomic E-state index is 0.0882. The number of hydrogen-bond acceptors (Lipinski definition) is 8. The molecule has 2 bridgehead atoms. The first-order chi connectivity index (χ1) is 20.7. The third-order valence-corrected chi connectivity index (χ3v) is 10.5. The van der Waals surface area contributed by atoms with E-state index in [0.717, 1.165) is 85.4 Å². The van der Waals surface area contributed by atoms with Crippen LogP contribution in [0.5, 0.6) is 5.88 Å². The highest BCUT2D eigenvalue weighted by molar-refractivity contribution is 5.98. The number of ether oxygens (including phenoxy) is 1. The summed E-state index contributed by atoms with van der Waals surface area (Å²) < 4.78 is 6.66. The Morgan fingerprint density at radius 1 is 1.05 bits per heavy atom. The van der Waals surface area contributed by atoms with Gasteiger partial charge in [-0.25, -0.2) is 0 Å². The molecule has 214 valence electrons. The summed E-state index contributed by atoms with van der Waals surface area (Å²) in [6.07, 6.45) is 17.7. The van der Waals surface area contributed by atoms with Gasteiger partial charge < -0.3 is 19.9 Å². The molecule has 0 amide bonds. The Morgan fingerprint density at radius 3 is 2.62 bits per heavy atom. The van der Waals surface area contributed by atoms with E-state index in [9.17, 15) is 5.26 Å². The van der Waals surface area contributed by atoms with Crippen LogP contribution in [0.2, 0.25) is 0 Å². The summed E-state index contributed by atoms with van der Waals surface area (Å²) in [7, 11) is 0. The Bertz CT molecular complexity index is 1610. The molecule has 0 aliphatic carbocycles. The number of nitrogens with one attached hydrogen (secondary N) is 1. The van der Waals surface area contributed by atoms with E-state index in [2.05, 4.69) is 43.1 Å². The number of nitriles is 1. The number of aromatic nitrogens is 2. The van der Waals surface area contributed by atoms with Gasteiger partial charge in [0.25, 0.3) is 0 Å². The first kappa shape index (κ1) is 25.8.